The zero-order valence-electron chi connectivity index (χ0n) is 13.8. The number of nitrogens with two attached hydrogens (primary N) is 1. The summed E-state index contributed by atoms with van der Waals surface area (Å²) in [6, 6.07) is 9.49. The van der Waals surface area contributed by atoms with Crippen molar-refractivity contribution in [1.82, 2.24) is 0 Å². The van der Waals surface area contributed by atoms with Gasteiger partial charge in [-0.25, -0.2) is 4.99 Å². The van der Waals surface area contributed by atoms with Gasteiger partial charge >= 0.3 is 5.91 Å². The molecule has 25 heavy (non-hydrogen) atoms. The fraction of sp³-hybridized carbons (Fsp3) is 0.471. The van der Waals surface area contributed by atoms with E-state index in [4.69, 9.17) is 38.4 Å². The number of rotatable bonds is 5. The quantitative estimate of drug-likeness (QED) is 0.749. The van der Waals surface area contributed by atoms with Crippen LogP contribution in [0, 0.1) is 33.5 Å². The lowest BCUT2D eigenvalue weighted by Gasteiger charge is -2.29. The maximum absolute atomic E-state index is 10.1. The molecule has 1 aliphatic carbocycles. The third-order valence-electron chi connectivity index (χ3n) is 4.98. The first-order valence-electron chi connectivity index (χ1n) is 7.87. The normalized spacial score (nSPS) is 31.6. The number of ether oxygens (including phenoxy) is 2. The van der Waals surface area contributed by atoms with Crippen molar-refractivity contribution in [3.05, 3.63) is 33.8 Å². The van der Waals surface area contributed by atoms with Crippen molar-refractivity contribution in [2.45, 2.75) is 25.7 Å². The van der Waals surface area contributed by atoms with Crippen LogP contribution in [0.4, 0.5) is 0 Å². The van der Waals surface area contributed by atoms with Crippen LogP contribution < -0.4 is 10.7 Å². The number of halogens is 2. The number of amidine groups is 1. The van der Waals surface area contributed by atoms with Crippen LogP contribution in [0.3, 0.4) is 0 Å². The Kier molecular flexibility index (Phi) is 4.21. The monoisotopic (exact) mass is 379 g/mol. The van der Waals surface area contributed by atoms with Crippen LogP contribution in [-0.4, -0.2) is 25.0 Å². The SMILES string of the molecule is CCOC1(OCC)[NH+]=C(N)[C@@]2(C#N)[C@H](c3c(Cl)cccc3Cl)[C@@]12C#N. The Morgan fingerprint density at radius 3 is 2.16 bits per heavy atom. The number of hydrogen-bond donors (Lipinski definition) is 2. The molecule has 0 saturated heterocycles. The molecule has 0 unspecified atom stereocenters. The molecule has 6 nitrogen and oxygen atoms in total. The fourth-order valence-corrected chi connectivity index (χ4v) is 4.69. The molecule has 3 N–H and O–H groups in total. The summed E-state index contributed by atoms with van der Waals surface area (Å²) < 4.78 is 11.6. The van der Waals surface area contributed by atoms with E-state index < -0.39 is 22.7 Å². The molecule has 1 fully saturated rings. The van der Waals surface area contributed by atoms with Crippen LogP contribution in [-0.2, 0) is 9.47 Å². The van der Waals surface area contributed by atoms with Crippen molar-refractivity contribution in [3.8, 4) is 12.1 Å². The van der Waals surface area contributed by atoms with E-state index in [0.29, 0.717) is 15.6 Å². The van der Waals surface area contributed by atoms with Gasteiger partial charge in [0.05, 0.1) is 31.3 Å². The standard InChI is InChI=1S/C17H16Cl2N4O2/c1-3-24-17(25-4-2)16(9-21)13(15(16,8-20)14(22)23-17)12-10(18)6-5-7-11(12)19/h5-7,13H,3-4H2,1-2H3,(H2,22,23)/p+1/t13-,15+,16+/m0/s1. The second kappa shape index (κ2) is 5.86. The van der Waals surface area contributed by atoms with Crippen molar-refractivity contribution in [2.24, 2.45) is 16.6 Å². The molecule has 1 heterocycles. The van der Waals surface area contributed by atoms with Crippen molar-refractivity contribution in [2.75, 3.05) is 13.2 Å². The summed E-state index contributed by atoms with van der Waals surface area (Å²) in [5.41, 5.74) is 3.93. The molecule has 1 aromatic carbocycles. The molecule has 1 saturated carbocycles. The van der Waals surface area contributed by atoms with E-state index in [0.717, 1.165) is 0 Å². The summed E-state index contributed by atoms with van der Waals surface area (Å²) in [5, 5.41) is 20.8. The summed E-state index contributed by atoms with van der Waals surface area (Å²) in [5.74, 6) is -2.09. The number of benzene rings is 1. The number of hydrogen-bond acceptors (Lipinski definition) is 5. The third-order valence-corrected chi connectivity index (χ3v) is 5.64. The molecule has 0 aromatic heterocycles. The average Bonchev–Trinajstić information content (AvgIpc) is 3.13. The maximum atomic E-state index is 10.1. The van der Waals surface area contributed by atoms with E-state index in [1.54, 1.807) is 32.0 Å². The minimum absolute atomic E-state index is 0.124. The predicted molar refractivity (Wildman–Crippen MR) is 91.4 cm³/mol. The van der Waals surface area contributed by atoms with Crippen molar-refractivity contribution in [3.63, 3.8) is 0 Å². The van der Waals surface area contributed by atoms with Gasteiger partial charge in [-0.15, -0.1) is 0 Å². The summed E-state index contributed by atoms with van der Waals surface area (Å²) >= 11 is 12.7. The Morgan fingerprint density at radius 1 is 1.16 bits per heavy atom. The van der Waals surface area contributed by atoms with Gasteiger partial charge in [-0.2, -0.15) is 10.5 Å². The third kappa shape index (κ3) is 1.89. The van der Waals surface area contributed by atoms with Crippen LogP contribution >= 0.6 is 23.2 Å². The molecule has 0 amide bonds. The zero-order valence-corrected chi connectivity index (χ0v) is 15.3. The Morgan fingerprint density at radius 2 is 1.72 bits per heavy atom. The molecule has 2 aliphatic rings. The number of nitriles is 2. The highest BCUT2D eigenvalue weighted by molar-refractivity contribution is 6.36. The van der Waals surface area contributed by atoms with E-state index >= 15 is 0 Å². The van der Waals surface area contributed by atoms with E-state index in [1.165, 1.54) is 0 Å². The minimum atomic E-state index is -1.54. The summed E-state index contributed by atoms with van der Waals surface area (Å²) in [7, 11) is 0. The lowest BCUT2D eigenvalue weighted by molar-refractivity contribution is -0.693. The molecule has 3 atom stereocenters. The second-order valence-corrected chi connectivity index (χ2v) is 6.74. The Labute approximate surface area is 155 Å². The summed E-state index contributed by atoms with van der Waals surface area (Å²) in [6.07, 6.45) is 0. The first-order chi connectivity index (χ1) is 11.9. The molecular weight excluding hydrogens is 363 g/mol. The highest BCUT2D eigenvalue weighted by Crippen LogP contribution is 2.79. The molecule has 0 spiro atoms. The molecule has 130 valence electrons. The first kappa shape index (κ1) is 18.0. The van der Waals surface area contributed by atoms with Crippen LogP contribution in [0.15, 0.2) is 18.2 Å². The summed E-state index contributed by atoms with van der Waals surface area (Å²) in [4.78, 5) is 2.91. The van der Waals surface area contributed by atoms with Gasteiger partial charge in [0.15, 0.2) is 10.8 Å². The van der Waals surface area contributed by atoms with Gasteiger partial charge < -0.3 is 9.47 Å². The van der Waals surface area contributed by atoms with Crippen molar-refractivity contribution < 1.29 is 14.5 Å². The van der Waals surface area contributed by atoms with Gasteiger partial charge in [0.25, 0.3) is 5.84 Å². The molecule has 8 heteroatoms. The van der Waals surface area contributed by atoms with Crippen molar-refractivity contribution in [1.29, 1.82) is 10.5 Å². The van der Waals surface area contributed by atoms with Gasteiger partial charge in [-0.1, -0.05) is 29.3 Å². The number of nitrogens with one attached hydrogen (secondary N) is 1. The number of fused-ring (bicyclic) bond motifs is 1. The zero-order chi connectivity index (χ0) is 18.5. The van der Waals surface area contributed by atoms with E-state index in [1.807, 2.05) is 0 Å². The Bertz CT molecular complexity index is 818. The van der Waals surface area contributed by atoms with E-state index in [2.05, 4.69) is 17.1 Å². The van der Waals surface area contributed by atoms with Crippen LogP contribution in [0.2, 0.25) is 10.0 Å². The van der Waals surface area contributed by atoms with E-state index in [-0.39, 0.29) is 19.0 Å². The van der Waals surface area contributed by atoms with Crippen molar-refractivity contribution >= 4 is 29.0 Å². The highest BCUT2D eigenvalue weighted by atomic mass is 35.5. The predicted octanol–water partition coefficient (Wildman–Crippen LogP) is 1.29. The molecule has 1 aliphatic heterocycles. The molecule has 0 radical (unpaired) electrons. The summed E-state index contributed by atoms with van der Waals surface area (Å²) in [6.45, 7) is 4.06. The smallest absolute Gasteiger partial charge is 0.314 e. The van der Waals surface area contributed by atoms with E-state index in [9.17, 15) is 10.5 Å². The Balaban J connectivity index is 2.29. The van der Waals surface area contributed by atoms with Gasteiger partial charge in [-0.05, 0) is 31.5 Å². The molecule has 3 rings (SSSR count). The van der Waals surface area contributed by atoms with Gasteiger partial charge in [0.2, 0.25) is 0 Å². The molecule has 1 aromatic rings. The fourth-order valence-electron chi connectivity index (χ4n) is 4.07. The lowest BCUT2D eigenvalue weighted by atomic mass is 9.93. The average molecular weight is 380 g/mol. The Hall–Kier alpha value is -1.83. The van der Waals surface area contributed by atoms with Crippen LogP contribution in [0.1, 0.15) is 25.3 Å². The van der Waals surface area contributed by atoms with Crippen LogP contribution in [0.5, 0.6) is 0 Å². The topological polar surface area (TPSA) is 106 Å². The van der Waals surface area contributed by atoms with Gasteiger partial charge in [0.1, 0.15) is 0 Å². The highest BCUT2D eigenvalue weighted by Gasteiger charge is 2.97. The van der Waals surface area contributed by atoms with Crippen LogP contribution in [0.25, 0.3) is 0 Å². The first-order valence-corrected chi connectivity index (χ1v) is 8.63. The lowest BCUT2D eigenvalue weighted by Crippen LogP contribution is -2.91. The second-order valence-electron chi connectivity index (χ2n) is 5.93. The maximum Gasteiger partial charge on any atom is 0.343 e. The van der Waals surface area contributed by atoms with Gasteiger partial charge in [0, 0.05) is 10.0 Å². The minimum Gasteiger partial charge on any atom is -0.314 e. The number of nitrogens with zero attached hydrogens (tertiary/aromatic N) is 2. The molecular formula is C17H17Cl2N4O2+. The van der Waals surface area contributed by atoms with Gasteiger partial charge in [-0.3, -0.25) is 5.73 Å². The largest absolute Gasteiger partial charge is 0.343 e. The molecule has 0 bridgehead atoms.